The highest BCUT2D eigenvalue weighted by atomic mass is 19.1. The smallest absolute Gasteiger partial charge is 0.243 e. The minimum atomic E-state index is -0.862. The Kier molecular flexibility index (Phi) is 5.21. The number of benzene rings is 1. The summed E-state index contributed by atoms with van der Waals surface area (Å²) in [6.45, 7) is 0.708. The van der Waals surface area contributed by atoms with Crippen molar-refractivity contribution in [1.29, 1.82) is 0 Å². The molecule has 0 saturated carbocycles. The number of amides is 2. The molecule has 1 aliphatic heterocycles. The van der Waals surface area contributed by atoms with Crippen LogP contribution in [0.3, 0.4) is 0 Å². The van der Waals surface area contributed by atoms with Crippen LogP contribution in [0.1, 0.15) is 12.8 Å². The summed E-state index contributed by atoms with van der Waals surface area (Å²) in [6.07, 6.45) is 1.21. The molecule has 114 valence electrons. The molecule has 1 fully saturated rings. The number of carbonyl (C=O) groups excluding carboxylic acids is 2. The van der Waals surface area contributed by atoms with Gasteiger partial charge in [0.25, 0.3) is 0 Å². The predicted molar refractivity (Wildman–Crippen MR) is 71.5 cm³/mol. The number of rotatable bonds is 4. The molecular weight excluding hydrogens is 282 g/mol. The van der Waals surface area contributed by atoms with Crippen LogP contribution in [0.25, 0.3) is 0 Å². The Balaban J connectivity index is 1.83. The number of hydrogen-bond acceptors (Lipinski definition) is 3. The van der Waals surface area contributed by atoms with Gasteiger partial charge in [0, 0.05) is 19.1 Å². The van der Waals surface area contributed by atoms with Crippen molar-refractivity contribution in [3.63, 3.8) is 0 Å². The van der Waals surface area contributed by atoms with Gasteiger partial charge in [0.1, 0.15) is 17.3 Å². The molecular formula is C14H16F2N2O3. The van der Waals surface area contributed by atoms with E-state index in [-0.39, 0.29) is 18.4 Å². The number of carbonyl (C=O) groups is 2. The van der Waals surface area contributed by atoms with E-state index < -0.39 is 23.2 Å². The molecule has 2 amide bonds. The van der Waals surface area contributed by atoms with Crippen LogP contribution in [0.5, 0.6) is 0 Å². The third-order valence-corrected chi connectivity index (χ3v) is 3.24. The molecule has 1 saturated heterocycles. The summed E-state index contributed by atoms with van der Waals surface area (Å²) >= 11 is 0. The van der Waals surface area contributed by atoms with Gasteiger partial charge in [-0.05, 0) is 25.0 Å². The van der Waals surface area contributed by atoms with Crippen molar-refractivity contribution >= 4 is 17.5 Å². The minimum absolute atomic E-state index is 0.184. The van der Waals surface area contributed by atoms with Gasteiger partial charge >= 0.3 is 0 Å². The lowest BCUT2D eigenvalue weighted by Gasteiger charge is -2.21. The van der Waals surface area contributed by atoms with Crippen LogP contribution >= 0.6 is 0 Å². The Morgan fingerprint density at radius 3 is 2.43 bits per heavy atom. The first-order valence-electron chi connectivity index (χ1n) is 6.67. The maximum Gasteiger partial charge on any atom is 0.243 e. The zero-order valence-corrected chi connectivity index (χ0v) is 11.3. The van der Waals surface area contributed by atoms with Gasteiger partial charge in [-0.25, -0.2) is 8.78 Å². The van der Waals surface area contributed by atoms with Crippen LogP contribution in [0.4, 0.5) is 14.5 Å². The fraction of sp³-hybridized carbons (Fsp3) is 0.429. The fourth-order valence-corrected chi connectivity index (χ4v) is 2.07. The molecule has 0 aromatic heterocycles. The minimum Gasteiger partial charge on any atom is -0.381 e. The third-order valence-electron chi connectivity index (χ3n) is 3.24. The van der Waals surface area contributed by atoms with Crippen LogP contribution < -0.4 is 10.6 Å². The summed E-state index contributed by atoms with van der Waals surface area (Å²) < 4.78 is 31.8. The van der Waals surface area contributed by atoms with Crippen molar-refractivity contribution in [3.8, 4) is 0 Å². The average molecular weight is 298 g/mol. The van der Waals surface area contributed by atoms with E-state index in [1.165, 1.54) is 6.07 Å². The Labute approximate surface area is 120 Å². The normalized spacial score (nSPS) is 15.5. The van der Waals surface area contributed by atoms with Gasteiger partial charge in [-0.3, -0.25) is 9.59 Å². The quantitative estimate of drug-likeness (QED) is 0.884. The number of para-hydroxylation sites is 1. The van der Waals surface area contributed by atoms with E-state index in [0.717, 1.165) is 12.1 Å². The molecule has 2 rings (SSSR count). The molecule has 1 aromatic rings. The molecule has 1 aromatic carbocycles. The molecule has 0 bridgehead atoms. The first kappa shape index (κ1) is 15.4. The Morgan fingerprint density at radius 2 is 1.81 bits per heavy atom. The molecule has 0 aliphatic carbocycles. The van der Waals surface area contributed by atoms with E-state index in [2.05, 4.69) is 10.6 Å². The van der Waals surface area contributed by atoms with E-state index in [0.29, 0.717) is 26.1 Å². The van der Waals surface area contributed by atoms with E-state index in [1.54, 1.807) is 0 Å². The highest BCUT2D eigenvalue weighted by Gasteiger charge is 2.22. The first-order valence-corrected chi connectivity index (χ1v) is 6.67. The molecule has 1 heterocycles. The molecule has 2 N–H and O–H groups in total. The number of ether oxygens (including phenoxy) is 1. The van der Waals surface area contributed by atoms with Crippen LogP contribution in [0.15, 0.2) is 18.2 Å². The Morgan fingerprint density at radius 1 is 1.19 bits per heavy atom. The topological polar surface area (TPSA) is 67.4 Å². The number of halogens is 2. The summed E-state index contributed by atoms with van der Waals surface area (Å²) in [5, 5.41) is 4.57. The molecule has 0 spiro atoms. The van der Waals surface area contributed by atoms with Crippen molar-refractivity contribution in [2.75, 3.05) is 25.1 Å². The molecule has 7 heteroatoms. The summed E-state index contributed by atoms with van der Waals surface area (Å²) in [5.74, 6) is -2.84. The number of hydrogen-bond donors (Lipinski definition) is 2. The summed E-state index contributed by atoms with van der Waals surface area (Å²) in [4.78, 5) is 23.4. The lowest BCUT2D eigenvalue weighted by atomic mass is 9.99. The van der Waals surface area contributed by atoms with Gasteiger partial charge in [0.05, 0.1) is 6.54 Å². The number of nitrogens with one attached hydrogen (secondary N) is 2. The van der Waals surface area contributed by atoms with Crippen molar-refractivity contribution < 1.29 is 23.1 Å². The third kappa shape index (κ3) is 4.22. The zero-order chi connectivity index (χ0) is 15.2. The van der Waals surface area contributed by atoms with E-state index in [4.69, 9.17) is 4.74 Å². The largest absolute Gasteiger partial charge is 0.381 e. The van der Waals surface area contributed by atoms with Crippen LogP contribution in [-0.4, -0.2) is 31.6 Å². The van der Waals surface area contributed by atoms with Gasteiger partial charge in [-0.15, -0.1) is 0 Å². The second-order valence-corrected chi connectivity index (χ2v) is 4.75. The zero-order valence-electron chi connectivity index (χ0n) is 11.3. The molecule has 5 nitrogen and oxygen atoms in total. The lowest BCUT2D eigenvalue weighted by Crippen LogP contribution is -2.38. The standard InChI is InChI=1S/C14H16F2N2O3/c15-10-2-1-3-11(16)13(10)18-12(19)8-17-14(20)9-4-6-21-7-5-9/h1-3,9H,4-8H2,(H,17,20)(H,18,19). The molecule has 0 atom stereocenters. The second kappa shape index (κ2) is 7.12. The molecule has 0 unspecified atom stereocenters. The highest BCUT2D eigenvalue weighted by Crippen LogP contribution is 2.18. The van der Waals surface area contributed by atoms with Gasteiger partial charge in [-0.2, -0.15) is 0 Å². The van der Waals surface area contributed by atoms with Crippen LogP contribution in [0.2, 0.25) is 0 Å². The van der Waals surface area contributed by atoms with Crippen LogP contribution in [0, 0.1) is 17.6 Å². The van der Waals surface area contributed by atoms with Gasteiger partial charge < -0.3 is 15.4 Å². The van der Waals surface area contributed by atoms with Gasteiger partial charge in [-0.1, -0.05) is 6.07 Å². The van der Waals surface area contributed by atoms with Gasteiger partial charge in [0.15, 0.2) is 0 Å². The lowest BCUT2D eigenvalue weighted by molar-refractivity contribution is -0.129. The summed E-state index contributed by atoms with van der Waals surface area (Å²) in [7, 11) is 0. The predicted octanol–water partition coefficient (Wildman–Crippen LogP) is 1.45. The summed E-state index contributed by atoms with van der Waals surface area (Å²) in [5.41, 5.74) is -0.511. The van der Waals surface area contributed by atoms with E-state index >= 15 is 0 Å². The monoisotopic (exact) mass is 298 g/mol. The molecule has 21 heavy (non-hydrogen) atoms. The summed E-state index contributed by atoms with van der Waals surface area (Å²) in [6, 6.07) is 3.28. The number of anilines is 1. The van der Waals surface area contributed by atoms with E-state index in [9.17, 15) is 18.4 Å². The van der Waals surface area contributed by atoms with Gasteiger partial charge in [0.2, 0.25) is 11.8 Å². The SMILES string of the molecule is O=C(CNC(=O)C1CCOCC1)Nc1c(F)cccc1F. The average Bonchev–Trinajstić information content (AvgIpc) is 2.49. The van der Waals surface area contributed by atoms with Crippen LogP contribution in [-0.2, 0) is 14.3 Å². The highest BCUT2D eigenvalue weighted by molar-refractivity contribution is 5.95. The van der Waals surface area contributed by atoms with Crippen molar-refractivity contribution in [3.05, 3.63) is 29.8 Å². The second-order valence-electron chi connectivity index (χ2n) is 4.75. The molecule has 1 aliphatic rings. The van der Waals surface area contributed by atoms with Crippen molar-refractivity contribution in [2.45, 2.75) is 12.8 Å². The molecule has 0 radical (unpaired) electrons. The van der Waals surface area contributed by atoms with Crippen molar-refractivity contribution in [1.82, 2.24) is 5.32 Å². The Bertz CT molecular complexity index is 511. The maximum atomic E-state index is 13.3. The van der Waals surface area contributed by atoms with E-state index in [1.807, 2.05) is 0 Å². The maximum absolute atomic E-state index is 13.3. The fourth-order valence-electron chi connectivity index (χ4n) is 2.07. The first-order chi connectivity index (χ1) is 10.1. The Hall–Kier alpha value is -2.02. The van der Waals surface area contributed by atoms with Crippen molar-refractivity contribution in [2.24, 2.45) is 5.92 Å².